The van der Waals surface area contributed by atoms with E-state index < -0.39 is 23.8 Å². The van der Waals surface area contributed by atoms with E-state index in [1.165, 1.54) is 6.08 Å². The van der Waals surface area contributed by atoms with Crippen LogP contribution in [0.4, 0.5) is 10.5 Å². The van der Waals surface area contributed by atoms with E-state index in [9.17, 15) is 19.2 Å². The average molecular weight is 507 g/mol. The Morgan fingerprint density at radius 3 is 2.38 bits per heavy atom. The number of urea groups is 1. The predicted molar refractivity (Wildman–Crippen MR) is 138 cm³/mol. The standard InChI is InChI=1S/C28H30N2O7/c1-5-9-20-14-19(16-23(35-7-3)25(20)37-17-24(31)36-8-4)15-22-26(32)29-28(34)30(27(22)33)21-12-10-18(6-2)11-13-21/h5,10-16H,1,6-9,17H2,2-4H3,(H,29,32,34)/b22-15-. The lowest BCUT2D eigenvalue weighted by molar-refractivity contribution is -0.145. The molecule has 9 nitrogen and oxygen atoms in total. The summed E-state index contributed by atoms with van der Waals surface area (Å²) in [7, 11) is 0. The number of amides is 4. The van der Waals surface area contributed by atoms with Crippen LogP contribution < -0.4 is 19.7 Å². The molecule has 4 amide bonds. The minimum absolute atomic E-state index is 0.216. The first-order chi connectivity index (χ1) is 17.8. The van der Waals surface area contributed by atoms with Crippen molar-refractivity contribution in [3.63, 3.8) is 0 Å². The first-order valence-electron chi connectivity index (χ1n) is 12.0. The van der Waals surface area contributed by atoms with Crippen molar-refractivity contribution in [2.45, 2.75) is 33.6 Å². The van der Waals surface area contributed by atoms with Crippen LogP contribution in [0.2, 0.25) is 0 Å². The average Bonchev–Trinajstić information content (AvgIpc) is 2.87. The Morgan fingerprint density at radius 2 is 1.76 bits per heavy atom. The van der Waals surface area contributed by atoms with Gasteiger partial charge in [-0.1, -0.05) is 25.1 Å². The Balaban J connectivity index is 2.01. The van der Waals surface area contributed by atoms with Gasteiger partial charge in [0.05, 0.1) is 18.9 Å². The zero-order valence-electron chi connectivity index (χ0n) is 21.2. The molecule has 0 aliphatic carbocycles. The lowest BCUT2D eigenvalue weighted by Crippen LogP contribution is -2.54. The van der Waals surface area contributed by atoms with Crippen LogP contribution in [-0.4, -0.2) is 43.6 Å². The second-order valence-corrected chi connectivity index (χ2v) is 8.00. The van der Waals surface area contributed by atoms with E-state index in [4.69, 9.17) is 14.2 Å². The lowest BCUT2D eigenvalue weighted by atomic mass is 10.0. The van der Waals surface area contributed by atoms with E-state index in [1.807, 2.05) is 19.1 Å². The van der Waals surface area contributed by atoms with E-state index in [-0.39, 0.29) is 18.8 Å². The quantitative estimate of drug-likeness (QED) is 0.212. The highest BCUT2D eigenvalue weighted by Gasteiger charge is 2.36. The summed E-state index contributed by atoms with van der Waals surface area (Å²) >= 11 is 0. The second-order valence-electron chi connectivity index (χ2n) is 8.00. The first-order valence-corrected chi connectivity index (χ1v) is 12.0. The van der Waals surface area contributed by atoms with Crippen molar-refractivity contribution in [1.29, 1.82) is 0 Å². The number of imide groups is 2. The summed E-state index contributed by atoms with van der Waals surface area (Å²) in [6, 6.07) is 9.45. The molecule has 0 radical (unpaired) electrons. The summed E-state index contributed by atoms with van der Waals surface area (Å²) in [5.74, 6) is -1.41. The Kier molecular flexibility index (Phi) is 9.21. The molecule has 1 fully saturated rings. The summed E-state index contributed by atoms with van der Waals surface area (Å²) in [4.78, 5) is 51.2. The maximum atomic E-state index is 13.3. The highest BCUT2D eigenvalue weighted by atomic mass is 16.6. The molecule has 194 valence electrons. The number of aryl methyl sites for hydroxylation is 1. The summed E-state index contributed by atoms with van der Waals surface area (Å²) < 4.78 is 16.4. The number of hydrogen-bond donors (Lipinski definition) is 1. The highest BCUT2D eigenvalue weighted by molar-refractivity contribution is 6.39. The zero-order chi connectivity index (χ0) is 26.9. The molecule has 0 unspecified atom stereocenters. The topological polar surface area (TPSA) is 111 Å². The Labute approximate surface area is 215 Å². The van der Waals surface area contributed by atoms with Crippen LogP contribution >= 0.6 is 0 Å². The molecule has 0 saturated carbocycles. The van der Waals surface area contributed by atoms with Gasteiger partial charge in [0, 0.05) is 5.56 Å². The van der Waals surface area contributed by atoms with Crippen LogP contribution in [0.3, 0.4) is 0 Å². The van der Waals surface area contributed by atoms with Crippen molar-refractivity contribution in [1.82, 2.24) is 5.32 Å². The van der Waals surface area contributed by atoms with Crippen LogP contribution in [0.25, 0.3) is 6.08 Å². The molecule has 1 heterocycles. The smallest absolute Gasteiger partial charge is 0.344 e. The minimum atomic E-state index is -0.818. The Hall–Kier alpha value is -4.40. The number of carbonyl (C=O) groups is 4. The molecule has 3 rings (SSSR count). The number of ether oxygens (including phenoxy) is 3. The summed E-state index contributed by atoms with van der Waals surface area (Å²) in [6.45, 7) is 9.47. The van der Waals surface area contributed by atoms with Gasteiger partial charge in [-0.05, 0) is 68.2 Å². The maximum Gasteiger partial charge on any atom is 0.344 e. The number of benzene rings is 2. The maximum absolute atomic E-state index is 13.3. The number of esters is 1. The molecule has 2 aromatic rings. The van der Waals surface area contributed by atoms with Gasteiger partial charge in [-0.15, -0.1) is 6.58 Å². The second kappa shape index (κ2) is 12.5. The molecule has 37 heavy (non-hydrogen) atoms. The van der Waals surface area contributed by atoms with Gasteiger partial charge in [0.2, 0.25) is 0 Å². The van der Waals surface area contributed by atoms with E-state index in [2.05, 4.69) is 11.9 Å². The third-order valence-electron chi connectivity index (χ3n) is 5.47. The van der Waals surface area contributed by atoms with Crippen molar-refractivity contribution in [2.75, 3.05) is 24.7 Å². The van der Waals surface area contributed by atoms with Crippen molar-refractivity contribution in [2.24, 2.45) is 0 Å². The number of nitrogens with one attached hydrogen (secondary N) is 1. The molecule has 0 spiro atoms. The number of hydrogen-bond acceptors (Lipinski definition) is 7. The van der Waals surface area contributed by atoms with Crippen LogP contribution in [0.1, 0.15) is 37.5 Å². The fourth-order valence-electron chi connectivity index (χ4n) is 3.77. The normalized spacial score (nSPS) is 14.4. The first kappa shape index (κ1) is 27.2. The molecule has 1 saturated heterocycles. The molecule has 1 aliphatic heterocycles. The number of allylic oxidation sites excluding steroid dienone is 1. The third kappa shape index (κ3) is 6.43. The Bertz CT molecular complexity index is 1230. The van der Waals surface area contributed by atoms with Crippen molar-refractivity contribution < 1.29 is 33.4 Å². The summed E-state index contributed by atoms with van der Waals surface area (Å²) in [5, 5.41) is 2.23. The number of rotatable bonds is 11. The molecule has 2 aromatic carbocycles. The van der Waals surface area contributed by atoms with Crippen LogP contribution in [0.5, 0.6) is 11.5 Å². The molecule has 9 heteroatoms. The fraction of sp³-hybridized carbons (Fsp3) is 0.286. The van der Waals surface area contributed by atoms with Crippen molar-refractivity contribution in [3.8, 4) is 11.5 Å². The van der Waals surface area contributed by atoms with E-state index in [0.717, 1.165) is 16.9 Å². The third-order valence-corrected chi connectivity index (χ3v) is 5.47. The molecular formula is C28H30N2O7. The van der Waals surface area contributed by atoms with Gasteiger partial charge in [-0.2, -0.15) is 0 Å². The van der Waals surface area contributed by atoms with Crippen molar-refractivity contribution >= 4 is 35.6 Å². The largest absolute Gasteiger partial charge is 0.490 e. The zero-order valence-corrected chi connectivity index (χ0v) is 21.2. The van der Waals surface area contributed by atoms with Gasteiger partial charge in [-0.25, -0.2) is 14.5 Å². The number of anilines is 1. The van der Waals surface area contributed by atoms with Gasteiger partial charge in [0.15, 0.2) is 18.1 Å². The predicted octanol–water partition coefficient (Wildman–Crippen LogP) is 3.98. The molecule has 0 aromatic heterocycles. The van der Waals surface area contributed by atoms with E-state index in [1.54, 1.807) is 44.2 Å². The molecular weight excluding hydrogens is 476 g/mol. The van der Waals surface area contributed by atoms with E-state index in [0.29, 0.717) is 41.3 Å². The van der Waals surface area contributed by atoms with Crippen LogP contribution in [0, 0.1) is 0 Å². The van der Waals surface area contributed by atoms with Gasteiger partial charge in [-0.3, -0.25) is 14.9 Å². The van der Waals surface area contributed by atoms with Gasteiger partial charge in [0.25, 0.3) is 11.8 Å². The Morgan fingerprint density at radius 1 is 1.03 bits per heavy atom. The van der Waals surface area contributed by atoms with Crippen molar-refractivity contribution in [3.05, 3.63) is 71.3 Å². The summed E-state index contributed by atoms with van der Waals surface area (Å²) in [5.41, 5.74) is 2.28. The van der Waals surface area contributed by atoms with Gasteiger partial charge in [0.1, 0.15) is 5.57 Å². The SMILES string of the molecule is C=CCc1cc(/C=C2/C(=O)NC(=O)N(c3ccc(CC)cc3)C2=O)cc(OCC)c1OCC(=O)OCC. The molecule has 0 atom stereocenters. The highest BCUT2D eigenvalue weighted by Crippen LogP contribution is 2.35. The van der Waals surface area contributed by atoms with Gasteiger partial charge < -0.3 is 14.2 Å². The van der Waals surface area contributed by atoms with Gasteiger partial charge >= 0.3 is 12.0 Å². The monoisotopic (exact) mass is 506 g/mol. The molecule has 1 aliphatic rings. The lowest BCUT2D eigenvalue weighted by Gasteiger charge is -2.26. The number of barbiturate groups is 1. The van der Waals surface area contributed by atoms with Crippen LogP contribution in [-0.2, 0) is 32.0 Å². The number of carbonyl (C=O) groups excluding carboxylic acids is 4. The molecule has 0 bridgehead atoms. The van der Waals surface area contributed by atoms with E-state index >= 15 is 0 Å². The number of nitrogens with zero attached hydrogens (tertiary/aromatic N) is 1. The molecule has 1 N–H and O–H groups in total. The summed E-state index contributed by atoms with van der Waals surface area (Å²) in [6.07, 6.45) is 4.21. The fourth-order valence-corrected chi connectivity index (χ4v) is 3.77. The minimum Gasteiger partial charge on any atom is -0.490 e. The van der Waals surface area contributed by atoms with Crippen LogP contribution in [0.15, 0.2) is 54.6 Å².